The Hall–Kier alpha value is -2.86. The lowest BCUT2D eigenvalue weighted by Crippen LogP contribution is -2.23. The Morgan fingerprint density at radius 3 is 2.72 bits per heavy atom. The van der Waals surface area contributed by atoms with Crippen molar-refractivity contribution >= 4 is 17.2 Å². The van der Waals surface area contributed by atoms with E-state index in [1.54, 1.807) is 50.0 Å². The molecule has 3 aromatic rings. The Morgan fingerprint density at radius 1 is 1.16 bits per heavy atom. The number of hydrogen-bond acceptors (Lipinski definition) is 5. The van der Waals surface area contributed by atoms with E-state index in [2.05, 4.69) is 10.3 Å². The van der Waals surface area contributed by atoms with Crippen LogP contribution in [0, 0.1) is 0 Å². The summed E-state index contributed by atoms with van der Waals surface area (Å²) in [6.45, 7) is 0.395. The molecule has 2 heterocycles. The summed E-state index contributed by atoms with van der Waals surface area (Å²) in [7, 11) is 3.11. The molecule has 6 heteroatoms. The second kappa shape index (κ2) is 7.81. The molecule has 0 atom stereocenters. The van der Waals surface area contributed by atoms with Crippen molar-refractivity contribution in [1.29, 1.82) is 0 Å². The molecule has 0 fully saturated rings. The van der Waals surface area contributed by atoms with E-state index in [1.807, 2.05) is 29.0 Å². The number of nitrogens with zero attached hydrogens (tertiary/aromatic N) is 1. The first-order valence-corrected chi connectivity index (χ1v) is 8.64. The van der Waals surface area contributed by atoms with Crippen LogP contribution in [-0.4, -0.2) is 25.1 Å². The van der Waals surface area contributed by atoms with Gasteiger partial charge in [-0.15, -0.1) is 0 Å². The van der Waals surface area contributed by atoms with E-state index in [4.69, 9.17) is 9.47 Å². The fourth-order valence-electron chi connectivity index (χ4n) is 2.50. The highest BCUT2D eigenvalue weighted by atomic mass is 32.1. The van der Waals surface area contributed by atoms with Gasteiger partial charge in [-0.05, 0) is 41.3 Å². The second-order valence-corrected chi connectivity index (χ2v) is 6.06. The number of carbonyl (C=O) groups is 1. The predicted molar refractivity (Wildman–Crippen MR) is 98.3 cm³/mol. The van der Waals surface area contributed by atoms with Crippen LogP contribution in [0.4, 0.5) is 0 Å². The molecule has 0 spiro atoms. The van der Waals surface area contributed by atoms with Crippen LogP contribution in [0.5, 0.6) is 11.5 Å². The van der Waals surface area contributed by atoms with Crippen LogP contribution in [0.3, 0.4) is 0 Å². The molecule has 25 heavy (non-hydrogen) atoms. The summed E-state index contributed by atoms with van der Waals surface area (Å²) in [5.41, 5.74) is 3.42. The minimum absolute atomic E-state index is 0.180. The van der Waals surface area contributed by atoms with Gasteiger partial charge in [-0.25, -0.2) is 0 Å². The topological polar surface area (TPSA) is 60.5 Å². The summed E-state index contributed by atoms with van der Waals surface area (Å²) in [4.78, 5) is 16.9. The lowest BCUT2D eigenvalue weighted by molar-refractivity contribution is 0.0950. The van der Waals surface area contributed by atoms with Crippen molar-refractivity contribution in [3.8, 4) is 22.8 Å². The highest BCUT2D eigenvalue weighted by molar-refractivity contribution is 7.08. The van der Waals surface area contributed by atoms with Crippen LogP contribution in [0.15, 0.2) is 53.4 Å². The molecule has 128 valence electrons. The molecular weight excluding hydrogens is 336 g/mol. The average Bonchev–Trinajstić information content (AvgIpc) is 3.20. The Kier molecular flexibility index (Phi) is 5.30. The zero-order valence-electron chi connectivity index (χ0n) is 14.0. The summed E-state index contributed by atoms with van der Waals surface area (Å²) < 4.78 is 10.4. The number of carbonyl (C=O) groups excluding carboxylic acids is 1. The van der Waals surface area contributed by atoms with E-state index in [1.165, 1.54) is 0 Å². The van der Waals surface area contributed by atoms with Crippen molar-refractivity contribution in [2.24, 2.45) is 0 Å². The number of pyridine rings is 1. The smallest absolute Gasteiger partial charge is 0.251 e. The highest BCUT2D eigenvalue weighted by Gasteiger charge is 2.12. The van der Waals surface area contributed by atoms with Crippen LogP contribution in [0.1, 0.15) is 15.9 Å². The molecule has 0 unspecified atom stereocenters. The van der Waals surface area contributed by atoms with E-state index in [9.17, 15) is 4.79 Å². The monoisotopic (exact) mass is 354 g/mol. The fourth-order valence-corrected chi connectivity index (χ4v) is 3.14. The largest absolute Gasteiger partial charge is 0.493 e. The van der Waals surface area contributed by atoms with E-state index >= 15 is 0 Å². The van der Waals surface area contributed by atoms with Gasteiger partial charge in [-0.3, -0.25) is 9.78 Å². The molecule has 0 bridgehead atoms. The molecule has 0 aliphatic heterocycles. The maximum atomic E-state index is 12.5. The van der Waals surface area contributed by atoms with Gasteiger partial charge in [0.05, 0.1) is 19.9 Å². The summed E-state index contributed by atoms with van der Waals surface area (Å²) in [6.07, 6.45) is 1.76. The minimum atomic E-state index is -0.180. The lowest BCUT2D eigenvalue weighted by Gasteiger charge is -2.11. The van der Waals surface area contributed by atoms with Crippen molar-refractivity contribution in [2.45, 2.75) is 6.54 Å². The third-order valence-corrected chi connectivity index (χ3v) is 4.45. The number of methoxy groups -OCH3 is 2. The molecule has 1 N–H and O–H groups in total. The van der Waals surface area contributed by atoms with E-state index in [-0.39, 0.29) is 5.91 Å². The van der Waals surface area contributed by atoms with Gasteiger partial charge in [-0.2, -0.15) is 11.3 Å². The number of thiophene rings is 1. The number of nitrogens with one attached hydrogen (secondary N) is 1. The van der Waals surface area contributed by atoms with Gasteiger partial charge in [0.2, 0.25) is 0 Å². The quantitative estimate of drug-likeness (QED) is 0.732. The molecule has 5 nitrogen and oxygen atoms in total. The Morgan fingerprint density at radius 2 is 2.00 bits per heavy atom. The number of hydrogen-bond donors (Lipinski definition) is 1. The normalized spacial score (nSPS) is 10.3. The first-order chi connectivity index (χ1) is 12.2. The van der Waals surface area contributed by atoms with Crippen molar-refractivity contribution in [3.63, 3.8) is 0 Å². The molecule has 2 aromatic heterocycles. The molecule has 3 rings (SSSR count). The van der Waals surface area contributed by atoms with Crippen LogP contribution in [0.2, 0.25) is 0 Å². The zero-order chi connectivity index (χ0) is 17.6. The zero-order valence-corrected chi connectivity index (χ0v) is 14.8. The van der Waals surface area contributed by atoms with E-state index < -0.39 is 0 Å². The molecule has 0 saturated carbocycles. The Balaban J connectivity index is 1.75. The third-order valence-electron chi connectivity index (χ3n) is 3.77. The second-order valence-electron chi connectivity index (χ2n) is 5.28. The fraction of sp³-hybridized carbons (Fsp3) is 0.158. The molecular formula is C19H18N2O3S. The summed E-state index contributed by atoms with van der Waals surface area (Å²) in [5, 5.41) is 6.99. The van der Waals surface area contributed by atoms with Crippen LogP contribution < -0.4 is 14.8 Å². The maximum Gasteiger partial charge on any atom is 0.251 e. The summed E-state index contributed by atoms with van der Waals surface area (Å²) in [6, 6.07) is 10.9. The number of rotatable bonds is 6. The van der Waals surface area contributed by atoms with Gasteiger partial charge in [0.1, 0.15) is 0 Å². The molecule has 1 aromatic carbocycles. The van der Waals surface area contributed by atoms with Crippen molar-refractivity contribution in [2.75, 3.05) is 14.2 Å². The molecule has 0 aliphatic rings. The van der Waals surface area contributed by atoms with Crippen molar-refractivity contribution in [3.05, 3.63) is 64.5 Å². The van der Waals surface area contributed by atoms with Crippen LogP contribution >= 0.6 is 11.3 Å². The number of benzene rings is 1. The number of amides is 1. The van der Waals surface area contributed by atoms with E-state index in [0.717, 1.165) is 16.8 Å². The Bertz CT molecular complexity index is 863. The van der Waals surface area contributed by atoms with Crippen molar-refractivity contribution < 1.29 is 14.3 Å². The SMILES string of the molecule is COc1ccc(C(=O)NCc2cccnc2-c2ccsc2)cc1OC. The van der Waals surface area contributed by atoms with Gasteiger partial charge < -0.3 is 14.8 Å². The predicted octanol–water partition coefficient (Wildman–Crippen LogP) is 3.76. The van der Waals surface area contributed by atoms with Gasteiger partial charge in [-0.1, -0.05) is 6.07 Å². The Labute approximate surface area is 150 Å². The van der Waals surface area contributed by atoms with Crippen LogP contribution in [-0.2, 0) is 6.54 Å². The van der Waals surface area contributed by atoms with Gasteiger partial charge in [0, 0.05) is 29.2 Å². The number of ether oxygens (including phenoxy) is 2. The number of aromatic nitrogens is 1. The van der Waals surface area contributed by atoms with E-state index in [0.29, 0.717) is 23.6 Å². The van der Waals surface area contributed by atoms with Gasteiger partial charge >= 0.3 is 0 Å². The minimum Gasteiger partial charge on any atom is -0.493 e. The summed E-state index contributed by atoms with van der Waals surface area (Å²) in [5.74, 6) is 0.933. The maximum absolute atomic E-state index is 12.5. The van der Waals surface area contributed by atoms with Gasteiger partial charge in [0.15, 0.2) is 11.5 Å². The van der Waals surface area contributed by atoms with Crippen LogP contribution in [0.25, 0.3) is 11.3 Å². The summed E-state index contributed by atoms with van der Waals surface area (Å²) >= 11 is 1.62. The lowest BCUT2D eigenvalue weighted by atomic mass is 10.1. The first kappa shape index (κ1) is 17.0. The molecule has 1 amide bonds. The van der Waals surface area contributed by atoms with Gasteiger partial charge in [0.25, 0.3) is 5.91 Å². The highest BCUT2D eigenvalue weighted by Crippen LogP contribution is 2.28. The van der Waals surface area contributed by atoms with Crippen molar-refractivity contribution in [1.82, 2.24) is 10.3 Å². The molecule has 0 aliphatic carbocycles. The molecule has 0 saturated heterocycles. The third kappa shape index (κ3) is 3.80. The standard InChI is InChI=1S/C19H18N2O3S/c1-23-16-6-5-13(10-17(16)24-2)19(22)21-11-14-4-3-8-20-18(14)15-7-9-25-12-15/h3-10,12H,11H2,1-2H3,(H,21,22). The molecule has 0 radical (unpaired) electrons. The first-order valence-electron chi connectivity index (χ1n) is 7.69. The average molecular weight is 354 g/mol.